The zero-order chi connectivity index (χ0) is 25.8. The highest BCUT2D eigenvalue weighted by atomic mass is 19.1. The van der Waals surface area contributed by atoms with E-state index in [0.717, 1.165) is 24.1 Å². The summed E-state index contributed by atoms with van der Waals surface area (Å²) in [5.74, 6) is 0.496. The summed E-state index contributed by atoms with van der Waals surface area (Å²) in [6.45, 7) is 8.11. The normalized spacial score (nSPS) is 14.2. The topological polar surface area (TPSA) is 66.8 Å². The number of allylic oxidation sites excluding steroid dienone is 3. The number of terminal acetylenes is 1. The Morgan fingerprint density at radius 2 is 1.91 bits per heavy atom. The lowest BCUT2D eigenvalue weighted by Crippen LogP contribution is -2.29. The van der Waals surface area contributed by atoms with Crippen LogP contribution in [0.4, 0.5) is 10.1 Å². The van der Waals surface area contributed by atoms with E-state index >= 15 is 0 Å². The number of ether oxygens (including phenoxy) is 1. The van der Waals surface area contributed by atoms with Gasteiger partial charge in [0.25, 0.3) is 0 Å². The molecule has 0 atom stereocenters. The van der Waals surface area contributed by atoms with Crippen LogP contribution in [0.15, 0.2) is 54.1 Å². The number of aryl methyl sites for hydroxylation is 1. The van der Waals surface area contributed by atoms with Gasteiger partial charge >= 0.3 is 11.9 Å². The largest absolute Gasteiger partial charge is 0.478 e. The Morgan fingerprint density at radius 1 is 1.20 bits per heavy atom. The van der Waals surface area contributed by atoms with Gasteiger partial charge in [0.15, 0.2) is 0 Å². The fourth-order valence-corrected chi connectivity index (χ4v) is 4.11. The van der Waals surface area contributed by atoms with E-state index in [1.807, 2.05) is 11.8 Å². The van der Waals surface area contributed by atoms with Crippen molar-refractivity contribution in [3.8, 4) is 12.3 Å². The highest BCUT2D eigenvalue weighted by molar-refractivity contribution is 6.04. The van der Waals surface area contributed by atoms with E-state index in [2.05, 4.69) is 5.92 Å². The van der Waals surface area contributed by atoms with Crippen LogP contribution in [-0.4, -0.2) is 29.2 Å². The molecule has 3 rings (SSSR count). The number of hydrogen-bond acceptors (Lipinski definition) is 4. The molecule has 0 unspecified atom stereocenters. The fourth-order valence-electron chi connectivity index (χ4n) is 4.11. The summed E-state index contributed by atoms with van der Waals surface area (Å²) in [6, 6.07) is 9.70. The van der Waals surface area contributed by atoms with Gasteiger partial charge < -0.3 is 14.7 Å². The molecule has 2 aromatic rings. The van der Waals surface area contributed by atoms with Crippen molar-refractivity contribution < 1.29 is 23.8 Å². The average molecular weight is 476 g/mol. The number of fused-ring (bicyclic) bond motifs is 1. The molecule has 1 aliphatic rings. The lowest BCUT2D eigenvalue weighted by atomic mass is 9.96. The maximum absolute atomic E-state index is 14.9. The third kappa shape index (κ3) is 6.19. The molecule has 0 aliphatic carbocycles. The molecule has 5 nitrogen and oxygen atoms in total. The van der Waals surface area contributed by atoms with Crippen LogP contribution in [0.2, 0.25) is 0 Å². The Morgan fingerprint density at radius 3 is 2.54 bits per heavy atom. The summed E-state index contributed by atoms with van der Waals surface area (Å²) < 4.78 is 20.4. The third-order valence-electron chi connectivity index (χ3n) is 5.61. The van der Waals surface area contributed by atoms with Gasteiger partial charge in [-0.15, -0.1) is 6.42 Å². The Labute approximate surface area is 205 Å². The molecular weight excluding hydrogens is 445 g/mol. The van der Waals surface area contributed by atoms with Gasteiger partial charge in [-0.25, -0.2) is 14.0 Å². The van der Waals surface area contributed by atoms with E-state index in [0.29, 0.717) is 29.8 Å². The molecule has 6 heteroatoms. The van der Waals surface area contributed by atoms with Gasteiger partial charge in [-0.1, -0.05) is 24.1 Å². The molecule has 0 radical (unpaired) electrons. The van der Waals surface area contributed by atoms with E-state index in [4.69, 9.17) is 11.2 Å². The van der Waals surface area contributed by atoms with Gasteiger partial charge in [-0.2, -0.15) is 0 Å². The molecule has 0 amide bonds. The molecule has 2 aromatic carbocycles. The number of carbonyl (C=O) groups excluding carboxylic acids is 1. The van der Waals surface area contributed by atoms with E-state index in [-0.39, 0.29) is 17.0 Å². The summed E-state index contributed by atoms with van der Waals surface area (Å²) in [7, 11) is 0. The Kier molecular flexibility index (Phi) is 7.81. The number of hydrogen-bond donors (Lipinski definition) is 1. The van der Waals surface area contributed by atoms with Crippen molar-refractivity contribution in [2.45, 2.75) is 52.7 Å². The minimum atomic E-state index is -0.971. The average Bonchev–Trinajstić information content (AvgIpc) is 2.79. The van der Waals surface area contributed by atoms with Crippen molar-refractivity contribution in [2.24, 2.45) is 0 Å². The van der Waals surface area contributed by atoms with E-state index < -0.39 is 17.5 Å². The number of esters is 1. The summed E-state index contributed by atoms with van der Waals surface area (Å²) in [5, 5.41) is 9.30. The van der Waals surface area contributed by atoms with Crippen LogP contribution >= 0.6 is 0 Å². The van der Waals surface area contributed by atoms with Crippen LogP contribution in [0.5, 0.6) is 0 Å². The first-order valence-electron chi connectivity index (χ1n) is 11.5. The van der Waals surface area contributed by atoms with Crippen LogP contribution in [-0.2, 0) is 22.5 Å². The molecule has 0 fully saturated rings. The second-order valence-corrected chi connectivity index (χ2v) is 9.41. The Hall–Kier alpha value is -3.85. The Bertz CT molecular complexity index is 1240. The predicted octanol–water partition coefficient (Wildman–Crippen LogP) is 5.78. The summed E-state index contributed by atoms with van der Waals surface area (Å²) in [6.07, 6.45) is 10.8. The number of halogens is 1. The summed E-state index contributed by atoms with van der Waals surface area (Å²) >= 11 is 0. The lowest BCUT2D eigenvalue weighted by Gasteiger charge is -2.32. The number of carbonyl (C=O) groups is 2. The number of aromatic carboxylic acids is 1. The molecule has 1 aliphatic heterocycles. The number of carboxylic acid groups (broad SMARTS) is 1. The van der Waals surface area contributed by atoms with Crippen molar-refractivity contribution in [3.05, 3.63) is 82.2 Å². The predicted molar refractivity (Wildman–Crippen MR) is 136 cm³/mol. The minimum Gasteiger partial charge on any atom is -0.478 e. The molecule has 35 heavy (non-hydrogen) atoms. The summed E-state index contributed by atoms with van der Waals surface area (Å²) in [4.78, 5) is 26.2. The van der Waals surface area contributed by atoms with Crippen LogP contribution < -0.4 is 4.90 Å². The van der Waals surface area contributed by atoms with Crippen molar-refractivity contribution in [2.75, 3.05) is 11.4 Å². The number of rotatable bonds is 6. The van der Waals surface area contributed by atoms with Crippen LogP contribution in [0.1, 0.15) is 61.2 Å². The van der Waals surface area contributed by atoms with Crippen molar-refractivity contribution in [1.29, 1.82) is 0 Å². The molecule has 0 spiro atoms. The van der Waals surface area contributed by atoms with Crippen molar-refractivity contribution in [1.82, 2.24) is 0 Å². The second kappa shape index (κ2) is 10.6. The fraction of sp³-hybridized carbons (Fsp3) is 0.310. The van der Waals surface area contributed by atoms with Gasteiger partial charge in [0.05, 0.1) is 5.56 Å². The molecule has 182 valence electrons. The van der Waals surface area contributed by atoms with E-state index in [9.17, 15) is 19.1 Å². The first kappa shape index (κ1) is 25.8. The Balaban J connectivity index is 2.00. The highest BCUT2D eigenvalue weighted by Crippen LogP contribution is 2.31. The molecule has 0 bridgehead atoms. The summed E-state index contributed by atoms with van der Waals surface area (Å²) in [5.41, 5.74) is 2.96. The van der Waals surface area contributed by atoms with Crippen molar-refractivity contribution in [3.63, 3.8) is 0 Å². The van der Waals surface area contributed by atoms with Gasteiger partial charge in [0.1, 0.15) is 17.0 Å². The molecule has 0 aromatic heterocycles. The van der Waals surface area contributed by atoms with E-state index in [1.165, 1.54) is 6.07 Å². The highest BCUT2D eigenvalue weighted by Gasteiger charge is 2.23. The maximum Gasteiger partial charge on any atom is 0.347 e. The van der Waals surface area contributed by atoms with Crippen LogP contribution in [0.25, 0.3) is 5.57 Å². The zero-order valence-electron chi connectivity index (χ0n) is 20.5. The molecular formula is C29H30FNO4. The van der Waals surface area contributed by atoms with Gasteiger partial charge in [-0.05, 0) is 82.0 Å². The quantitative estimate of drug-likeness (QED) is 0.248. The SMILES string of the molecule is C#CC(C(=O)OC(C)(C)C)=C(C=CC)c1ccc(F)c(CN2CCCc3cc(C(=O)O)ccc32)c1. The van der Waals surface area contributed by atoms with Crippen LogP contribution in [0, 0.1) is 18.2 Å². The van der Waals surface area contributed by atoms with Gasteiger partial charge in [-0.3, -0.25) is 0 Å². The smallest absolute Gasteiger partial charge is 0.347 e. The zero-order valence-corrected chi connectivity index (χ0v) is 20.5. The molecule has 0 saturated heterocycles. The number of anilines is 1. The number of benzene rings is 2. The van der Waals surface area contributed by atoms with E-state index in [1.54, 1.807) is 63.3 Å². The first-order chi connectivity index (χ1) is 16.5. The molecule has 0 saturated carbocycles. The van der Waals surface area contributed by atoms with Gasteiger partial charge in [0, 0.05) is 29.9 Å². The van der Waals surface area contributed by atoms with Crippen molar-refractivity contribution >= 4 is 23.2 Å². The molecule has 1 heterocycles. The standard InChI is InChI=1S/C29H30FNO4/c1-6-9-24(23(7-2)28(34)35-29(3,4)5)19-11-13-25(30)22(16-19)18-31-15-8-10-20-17-21(27(32)33)12-14-26(20)31/h2,6,9,11-14,16-17H,8,10,15,18H2,1,3-5H3,(H,32,33). The second-order valence-electron chi connectivity index (χ2n) is 9.41. The number of carboxylic acids is 1. The number of nitrogens with zero attached hydrogens (tertiary/aromatic N) is 1. The maximum atomic E-state index is 14.9. The van der Waals surface area contributed by atoms with Gasteiger partial charge in [0.2, 0.25) is 0 Å². The first-order valence-corrected chi connectivity index (χ1v) is 11.5. The molecule has 1 N–H and O–H groups in total. The lowest BCUT2D eigenvalue weighted by molar-refractivity contribution is -0.149. The monoisotopic (exact) mass is 475 g/mol. The third-order valence-corrected chi connectivity index (χ3v) is 5.61. The van der Waals surface area contributed by atoms with Crippen LogP contribution in [0.3, 0.4) is 0 Å². The minimum absolute atomic E-state index is 0.0695.